The molecule has 0 aromatic heterocycles. The SMILES string of the molecule is OC/C(=C/SCc1ccccc1)SCc1ccccc1. The van der Waals surface area contributed by atoms with Gasteiger partial charge in [-0.1, -0.05) is 60.7 Å². The second-order valence-corrected chi connectivity index (χ2v) is 6.27. The van der Waals surface area contributed by atoms with Crippen LogP contribution in [0, 0.1) is 0 Å². The van der Waals surface area contributed by atoms with Crippen LogP contribution in [0.25, 0.3) is 0 Å². The van der Waals surface area contributed by atoms with Crippen molar-refractivity contribution in [2.24, 2.45) is 0 Å². The highest BCUT2D eigenvalue weighted by Gasteiger charge is 1.99. The lowest BCUT2D eigenvalue weighted by molar-refractivity contribution is 0.340. The number of aliphatic hydroxyl groups excluding tert-OH is 1. The van der Waals surface area contributed by atoms with Crippen molar-refractivity contribution in [2.75, 3.05) is 6.61 Å². The van der Waals surface area contributed by atoms with Crippen LogP contribution < -0.4 is 0 Å². The molecule has 104 valence electrons. The van der Waals surface area contributed by atoms with E-state index in [1.54, 1.807) is 23.5 Å². The molecule has 3 heteroatoms. The first-order valence-electron chi connectivity index (χ1n) is 6.50. The predicted molar refractivity (Wildman–Crippen MR) is 90.6 cm³/mol. The molecule has 0 aliphatic rings. The fraction of sp³-hybridized carbons (Fsp3) is 0.176. The van der Waals surface area contributed by atoms with E-state index in [0.29, 0.717) is 0 Å². The van der Waals surface area contributed by atoms with Gasteiger partial charge in [-0.25, -0.2) is 0 Å². The zero-order valence-corrected chi connectivity index (χ0v) is 12.9. The van der Waals surface area contributed by atoms with Crippen molar-refractivity contribution in [2.45, 2.75) is 11.5 Å². The van der Waals surface area contributed by atoms with E-state index in [4.69, 9.17) is 0 Å². The van der Waals surface area contributed by atoms with Gasteiger partial charge in [0.15, 0.2) is 0 Å². The topological polar surface area (TPSA) is 20.2 Å². The molecule has 2 aromatic carbocycles. The summed E-state index contributed by atoms with van der Waals surface area (Å²) < 4.78 is 0. The quantitative estimate of drug-likeness (QED) is 0.801. The molecule has 0 fully saturated rings. The summed E-state index contributed by atoms with van der Waals surface area (Å²) in [5.74, 6) is 1.84. The molecule has 0 aliphatic heterocycles. The molecule has 1 N–H and O–H groups in total. The average Bonchev–Trinajstić information content (AvgIpc) is 2.52. The number of benzene rings is 2. The molecular formula is C17H18OS2. The van der Waals surface area contributed by atoms with Crippen LogP contribution in [-0.2, 0) is 11.5 Å². The Hall–Kier alpha value is -1.16. The standard InChI is InChI=1S/C17H18OS2/c18-11-17(20-13-16-9-5-2-6-10-16)14-19-12-15-7-3-1-4-8-15/h1-10,14,18H,11-13H2/b17-14-. The molecule has 20 heavy (non-hydrogen) atoms. The average molecular weight is 302 g/mol. The Morgan fingerprint density at radius 1 is 0.850 bits per heavy atom. The molecule has 0 atom stereocenters. The van der Waals surface area contributed by atoms with Crippen molar-refractivity contribution in [1.29, 1.82) is 0 Å². The van der Waals surface area contributed by atoms with Crippen molar-refractivity contribution >= 4 is 23.5 Å². The highest BCUT2D eigenvalue weighted by molar-refractivity contribution is 8.05. The Labute approximate surface area is 129 Å². The summed E-state index contributed by atoms with van der Waals surface area (Å²) in [5.41, 5.74) is 2.59. The van der Waals surface area contributed by atoms with Crippen LogP contribution in [0.5, 0.6) is 0 Å². The van der Waals surface area contributed by atoms with Gasteiger partial charge in [-0.2, -0.15) is 0 Å². The van der Waals surface area contributed by atoms with Crippen LogP contribution in [-0.4, -0.2) is 11.7 Å². The van der Waals surface area contributed by atoms with Gasteiger partial charge in [0.2, 0.25) is 0 Å². The first kappa shape index (κ1) is 15.2. The summed E-state index contributed by atoms with van der Waals surface area (Å²) in [6.45, 7) is 0.110. The lowest BCUT2D eigenvalue weighted by Gasteiger charge is -2.04. The highest BCUT2D eigenvalue weighted by Crippen LogP contribution is 2.25. The zero-order valence-electron chi connectivity index (χ0n) is 11.2. The molecule has 0 radical (unpaired) electrons. The largest absolute Gasteiger partial charge is 0.391 e. The third kappa shape index (κ3) is 5.45. The molecule has 2 aromatic rings. The lowest BCUT2D eigenvalue weighted by atomic mass is 10.2. The van der Waals surface area contributed by atoms with Crippen LogP contribution in [0.3, 0.4) is 0 Å². The minimum absolute atomic E-state index is 0.110. The lowest BCUT2D eigenvalue weighted by Crippen LogP contribution is -1.87. The van der Waals surface area contributed by atoms with Crippen molar-refractivity contribution in [1.82, 2.24) is 0 Å². The second-order valence-electron chi connectivity index (χ2n) is 4.31. The van der Waals surface area contributed by atoms with E-state index in [1.165, 1.54) is 11.1 Å². The van der Waals surface area contributed by atoms with Gasteiger partial charge >= 0.3 is 0 Å². The first-order valence-corrected chi connectivity index (χ1v) is 8.54. The number of aliphatic hydroxyl groups is 1. The maximum atomic E-state index is 9.40. The van der Waals surface area contributed by atoms with Crippen LogP contribution in [0.1, 0.15) is 11.1 Å². The number of hydrogen-bond donors (Lipinski definition) is 1. The van der Waals surface area contributed by atoms with Crippen LogP contribution in [0.4, 0.5) is 0 Å². The van der Waals surface area contributed by atoms with E-state index < -0.39 is 0 Å². The summed E-state index contributed by atoms with van der Waals surface area (Å²) in [7, 11) is 0. The smallest absolute Gasteiger partial charge is 0.0745 e. The van der Waals surface area contributed by atoms with Crippen LogP contribution >= 0.6 is 23.5 Å². The minimum Gasteiger partial charge on any atom is -0.391 e. The second kappa shape index (κ2) is 8.90. The van der Waals surface area contributed by atoms with Gasteiger partial charge < -0.3 is 5.11 Å². The molecule has 0 bridgehead atoms. The van der Waals surface area contributed by atoms with E-state index in [2.05, 4.69) is 41.8 Å². The minimum atomic E-state index is 0.110. The molecule has 0 amide bonds. The Morgan fingerprint density at radius 3 is 1.95 bits per heavy atom. The molecule has 0 spiro atoms. The van der Waals surface area contributed by atoms with Crippen molar-refractivity contribution < 1.29 is 5.11 Å². The highest BCUT2D eigenvalue weighted by atomic mass is 32.2. The van der Waals surface area contributed by atoms with E-state index >= 15 is 0 Å². The first-order chi connectivity index (χ1) is 9.88. The number of thioether (sulfide) groups is 2. The third-order valence-electron chi connectivity index (χ3n) is 2.73. The third-order valence-corrected chi connectivity index (χ3v) is 4.93. The summed E-state index contributed by atoms with van der Waals surface area (Å²) in [6.07, 6.45) is 0. The summed E-state index contributed by atoms with van der Waals surface area (Å²) in [4.78, 5) is 1.02. The van der Waals surface area contributed by atoms with Crippen molar-refractivity contribution in [3.8, 4) is 0 Å². The van der Waals surface area contributed by atoms with Gasteiger partial charge in [-0.15, -0.1) is 23.5 Å². The predicted octanol–water partition coefficient (Wildman–Crippen LogP) is 4.69. The molecule has 0 saturated carbocycles. The Balaban J connectivity index is 1.80. The molecule has 0 aliphatic carbocycles. The zero-order chi connectivity index (χ0) is 14.0. The molecular weight excluding hydrogens is 284 g/mol. The van der Waals surface area contributed by atoms with Gasteiger partial charge in [0.1, 0.15) is 0 Å². The fourth-order valence-electron chi connectivity index (χ4n) is 1.67. The van der Waals surface area contributed by atoms with Gasteiger partial charge in [0.05, 0.1) is 6.61 Å². The summed E-state index contributed by atoms with van der Waals surface area (Å²) in [6, 6.07) is 20.7. The molecule has 2 rings (SSSR count). The number of rotatable bonds is 7. The summed E-state index contributed by atoms with van der Waals surface area (Å²) in [5, 5.41) is 11.5. The maximum absolute atomic E-state index is 9.40. The number of hydrogen-bond acceptors (Lipinski definition) is 3. The fourth-order valence-corrected chi connectivity index (χ4v) is 3.51. The monoisotopic (exact) mass is 302 g/mol. The van der Waals surface area contributed by atoms with Gasteiger partial charge in [0.25, 0.3) is 0 Å². The van der Waals surface area contributed by atoms with E-state index in [1.807, 2.05) is 24.3 Å². The Bertz CT molecular complexity index is 523. The maximum Gasteiger partial charge on any atom is 0.0745 e. The van der Waals surface area contributed by atoms with Crippen molar-refractivity contribution in [3.05, 3.63) is 82.1 Å². The Kier molecular flexibility index (Phi) is 6.78. The molecule has 0 unspecified atom stereocenters. The van der Waals surface area contributed by atoms with Crippen LogP contribution in [0.15, 0.2) is 71.0 Å². The Morgan fingerprint density at radius 2 is 1.40 bits per heavy atom. The van der Waals surface area contributed by atoms with Gasteiger partial charge in [-0.05, 0) is 16.5 Å². The molecule has 1 nitrogen and oxygen atoms in total. The molecule has 0 saturated heterocycles. The van der Waals surface area contributed by atoms with Gasteiger partial charge in [-0.3, -0.25) is 0 Å². The van der Waals surface area contributed by atoms with Gasteiger partial charge in [0, 0.05) is 16.4 Å². The van der Waals surface area contributed by atoms with E-state index in [-0.39, 0.29) is 6.61 Å². The van der Waals surface area contributed by atoms with E-state index in [0.717, 1.165) is 16.4 Å². The van der Waals surface area contributed by atoms with Crippen molar-refractivity contribution in [3.63, 3.8) is 0 Å². The molecule has 0 heterocycles. The van der Waals surface area contributed by atoms with E-state index in [9.17, 15) is 5.11 Å². The summed E-state index contributed by atoms with van der Waals surface area (Å²) >= 11 is 3.43. The van der Waals surface area contributed by atoms with Crippen LogP contribution in [0.2, 0.25) is 0 Å². The normalized spacial score (nSPS) is 11.6.